The molecule has 0 aromatic carbocycles. The molecule has 4 heteroatoms. The zero-order valence-electron chi connectivity index (χ0n) is 6.49. The molecule has 0 aliphatic carbocycles. The molecule has 2 aromatic rings. The number of ether oxygens (including phenoxy) is 1. The van der Waals surface area contributed by atoms with Crippen LogP contribution in [0.5, 0.6) is 5.75 Å². The summed E-state index contributed by atoms with van der Waals surface area (Å²) in [4.78, 5) is 0. The van der Waals surface area contributed by atoms with E-state index in [1.807, 2.05) is 12.1 Å². The predicted molar refractivity (Wildman–Crippen MR) is 46.8 cm³/mol. The standard InChI is InChI=1S/C8H7ClN2O/c1-12-7-2-3-11-6(4-7)5-8(9)10-11/h2-5H,1H3. The number of hydrogen-bond donors (Lipinski definition) is 0. The maximum absolute atomic E-state index is 5.71. The van der Waals surface area contributed by atoms with E-state index in [1.54, 1.807) is 23.9 Å². The van der Waals surface area contributed by atoms with Crippen molar-refractivity contribution in [2.45, 2.75) is 0 Å². The molecule has 12 heavy (non-hydrogen) atoms. The number of rotatable bonds is 1. The fourth-order valence-corrected chi connectivity index (χ4v) is 1.26. The summed E-state index contributed by atoms with van der Waals surface area (Å²) >= 11 is 5.71. The molecule has 0 atom stereocenters. The van der Waals surface area contributed by atoms with Crippen molar-refractivity contribution in [1.29, 1.82) is 0 Å². The predicted octanol–water partition coefficient (Wildman–Crippen LogP) is 2.00. The van der Waals surface area contributed by atoms with Crippen molar-refractivity contribution < 1.29 is 4.74 Å². The highest BCUT2D eigenvalue weighted by Gasteiger charge is 1.99. The molecule has 0 fully saturated rings. The van der Waals surface area contributed by atoms with Gasteiger partial charge in [0.1, 0.15) is 5.75 Å². The maximum Gasteiger partial charge on any atom is 0.152 e. The van der Waals surface area contributed by atoms with E-state index in [0.29, 0.717) is 5.15 Å². The zero-order valence-corrected chi connectivity index (χ0v) is 7.25. The highest BCUT2D eigenvalue weighted by atomic mass is 35.5. The summed E-state index contributed by atoms with van der Waals surface area (Å²) in [5.41, 5.74) is 0.930. The molecular formula is C8H7ClN2O. The molecule has 3 nitrogen and oxygen atoms in total. The van der Waals surface area contributed by atoms with Gasteiger partial charge in [0.15, 0.2) is 5.15 Å². The Hall–Kier alpha value is -1.22. The number of hydrogen-bond acceptors (Lipinski definition) is 2. The van der Waals surface area contributed by atoms with Gasteiger partial charge in [-0.25, -0.2) is 4.52 Å². The third-order valence-electron chi connectivity index (χ3n) is 1.64. The van der Waals surface area contributed by atoms with Crippen LogP contribution in [-0.2, 0) is 0 Å². The summed E-state index contributed by atoms with van der Waals surface area (Å²) in [6.45, 7) is 0. The lowest BCUT2D eigenvalue weighted by atomic mass is 10.4. The first kappa shape index (κ1) is 7.43. The van der Waals surface area contributed by atoms with Crippen LogP contribution in [0, 0.1) is 0 Å². The molecule has 0 radical (unpaired) electrons. The third-order valence-corrected chi connectivity index (χ3v) is 1.83. The van der Waals surface area contributed by atoms with E-state index in [1.165, 1.54) is 0 Å². The van der Waals surface area contributed by atoms with Crippen LogP contribution >= 0.6 is 11.6 Å². The Bertz CT molecular complexity index is 410. The maximum atomic E-state index is 5.71. The SMILES string of the molecule is COc1ccn2nc(Cl)cc2c1. The molecule has 0 bridgehead atoms. The summed E-state index contributed by atoms with van der Waals surface area (Å²) in [5, 5.41) is 4.50. The molecule has 0 saturated heterocycles. The van der Waals surface area contributed by atoms with Crippen LogP contribution in [0.15, 0.2) is 24.4 Å². The van der Waals surface area contributed by atoms with Crippen molar-refractivity contribution in [3.63, 3.8) is 0 Å². The molecule has 2 heterocycles. The first-order valence-corrected chi connectivity index (χ1v) is 3.86. The minimum Gasteiger partial charge on any atom is -0.497 e. The van der Waals surface area contributed by atoms with Crippen LogP contribution in [0.2, 0.25) is 5.15 Å². The molecule has 2 aromatic heterocycles. The number of fused-ring (bicyclic) bond motifs is 1. The molecule has 0 spiro atoms. The largest absolute Gasteiger partial charge is 0.497 e. The highest BCUT2D eigenvalue weighted by molar-refractivity contribution is 6.29. The second-order valence-electron chi connectivity index (χ2n) is 2.40. The quantitative estimate of drug-likeness (QED) is 0.675. The van der Waals surface area contributed by atoms with Crippen LogP contribution in [0.3, 0.4) is 0 Å². The molecule has 0 aliphatic heterocycles. The minimum atomic E-state index is 0.489. The Labute approximate surface area is 74.5 Å². The lowest BCUT2D eigenvalue weighted by Gasteiger charge is -1.98. The monoisotopic (exact) mass is 182 g/mol. The van der Waals surface area contributed by atoms with E-state index in [0.717, 1.165) is 11.3 Å². The zero-order chi connectivity index (χ0) is 8.55. The van der Waals surface area contributed by atoms with Gasteiger partial charge in [0, 0.05) is 18.3 Å². The van der Waals surface area contributed by atoms with Gasteiger partial charge in [-0.3, -0.25) is 0 Å². The average Bonchev–Trinajstić information content (AvgIpc) is 2.43. The van der Waals surface area contributed by atoms with E-state index in [9.17, 15) is 0 Å². The van der Waals surface area contributed by atoms with Crippen molar-refractivity contribution in [2.75, 3.05) is 7.11 Å². The fraction of sp³-hybridized carbons (Fsp3) is 0.125. The Balaban J connectivity index is 2.66. The minimum absolute atomic E-state index is 0.489. The number of methoxy groups -OCH3 is 1. The van der Waals surface area contributed by atoms with Crippen molar-refractivity contribution in [2.24, 2.45) is 0 Å². The number of aromatic nitrogens is 2. The first-order valence-electron chi connectivity index (χ1n) is 3.48. The molecule has 0 N–H and O–H groups in total. The van der Waals surface area contributed by atoms with Crippen molar-refractivity contribution in [3.8, 4) is 5.75 Å². The summed E-state index contributed by atoms with van der Waals surface area (Å²) in [7, 11) is 1.63. The van der Waals surface area contributed by atoms with Crippen LogP contribution in [0.25, 0.3) is 5.52 Å². The summed E-state index contributed by atoms with van der Waals surface area (Å²) in [5.74, 6) is 0.805. The third kappa shape index (κ3) is 1.12. The highest BCUT2D eigenvalue weighted by Crippen LogP contribution is 2.16. The topological polar surface area (TPSA) is 26.5 Å². The Morgan fingerprint density at radius 2 is 2.33 bits per heavy atom. The molecule has 0 amide bonds. The van der Waals surface area contributed by atoms with Gasteiger partial charge >= 0.3 is 0 Å². The van der Waals surface area contributed by atoms with E-state index in [4.69, 9.17) is 16.3 Å². The second-order valence-corrected chi connectivity index (χ2v) is 2.79. The Morgan fingerprint density at radius 3 is 3.08 bits per heavy atom. The fourth-order valence-electron chi connectivity index (χ4n) is 1.07. The number of pyridine rings is 1. The van der Waals surface area contributed by atoms with E-state index < -0.39 is 0 Å². The summed E-state index contributed by atoms with van der Waals surface area (Å²) < 4.78 is 6.75. The van der Waals surface area contributed by atoms with E-state index in [-0.39, 0.29) is 0 Å². The molecule has 2 rings (SSSR count). The molecule has 0 saturated carbocycles. The molecule has 62 valence electrons. The van der Waals surface area contributed by atoms with E-state index >= 15 is 0 Å². The molecule has 0 aliphatic rings. The van der Waals surface area contributed by atoms with Gasteiger partial charge in [-0.2, -0.15) is 5.10 Å². The van der Waals surface area contributed by atoms with Gasteiger partial charge in [0.05, 0.1) is 12.6 Å². The lowest BCUT2D eigenvalue weighted by Crippen LogP contribution is -1.87. The van der Waals surface area contributed by atoms with Gasteiger partial charge in [0.2, 0.25) is 0 Å². The first-order chi connectivity index (χ1) is 5.79. The lowest BCUT2D eigenvalue weighted by molar-refractivity contribution is 0.414. The Morgan fingerprint density at radius 1 is 1.50 bits per heavy atom. The van der Waals surface area contributed by atoms with Gasteiger partial charge in [0.25, 0.3) is 0 Å². The van der Waals surface area contributed by atoms with Gasteiger partial charge in [-0.1, -0.05) is 11.6 Å². The van der Waals surface area contributed by atoms with Crippen molar-refractivity contribution in [1.82, 2.24) is 9.61 Å². The summed E-state index contributed by atoms with van der Waals surface area (Å²) in [6.07, 6.45) is 1.81. The normalized spacial score (nSPS) is 10.5. The van der Waals surface area contributed by atoms with Crippen molar-refractivity contribution >= 4 is 17.1 Å². The van der Waals surface area contributed by atoms with Crippen LogP contribution in [0.1, 0.15) is 0 Å². The average molecular weight is 183 g/mol. The van der Waals surface area contributed by atoms with Gasteiger partial charge < -0.3 is 4.74 Å². The van der Waals surface area contributed by atoms with Gasteiger partial charge in [-0.15, -0.1) is 0 Å². The Kier molecular flexibility index (Phi) is 1.66. The van der Waals surface area contributed by atoms with Crippen LogP contribution in [0.4, 0.5) is 0 Å². The second kappa shape index (κ2) is 2.68. The molecule has 0 unspecified atom stereocenters. The number of nitrogens with zero attached hydrogens (tertiary/aromatic N) is 2. The number of halogens is 1. The molecular weight excluding hydrogens is 176 g/mol. The van der Waals surface area contributed by atoms with Crippen molar-refractivity contribution in [3.05, 3.63) is 29.5 Å². The smallest absolute Gasteiger partial charge is 0.152 e. The van der Waals surface area contributed by atoms with Crippen LogP contribution in [-0.4, -0.2) is 16.7 Å². The van der Waals surface area contributed by atoms with Crippen LogP contribution < -0.4 is 4.74 Å². The van der Waals surface area contributed by atoms with E-state index in [2.05, 4.69) is 5.10 Å². The summed E-state index contributed by atoms with van der Waals surface area (Å²) in [6, 6.07) is 5.49. The van der Waals surface area contributed by atoms with Gasteiger partial charge in [-0.05, 0) is 6.07 Å².